The number of nitrogens with two attached hydrogens (primary N) is 1. The maximum absolute atomic E-state index is 14.1. The van der Waals surface area contributed by atoms with Gasteiger partial charge in [0.2, 0.25) is 0 Å². The first kappa shape index (κ1) is 14.2. The van der Waals surface area contributed by atoms with Gasteiger partial charge in [-0.1, -0.05) is 12.1 Å². The van der Waals surface area contributed by atoms with E-state index in [0.29, 0.717) is 5.56 Å². The molecular formula is C14H17FN4O. The van der Waals surface area contributed by atoms with Crippen LogP contribution < -0.4 is 5.73 Å². The van der Waals surface area contributed by atoms with E-state index in [2.05, 4.69) is 5.10 Å². The number of rotatable bonds is 3. The molecule has 1 atom stereocenters. The standard InChI is InChI=1S/C14H17FN4O/c1-9(16)10-5-4-6-11(15)13(10)19-8-7-12(17-19)14(20)18(2)3/h4-9H,16H2,1-3H3. The summed E-state index contributed by atoms with van der Waals surface area (Å²) in [5, 5.41) is 4.14. The first-order valence-electron chi connectivity index (χ1n) is 6.23. The molecule has 106 valence electrons. The summed E-state index contributed by atoms with van der Waals surface area (Å²) in [4.78, 5) is 13.2. The Morgan fingerprint density at radius 2 is 2.10 bits per heavy atom. The third kappa shape index (κ3) is 2.55. The Morgan fingerprint density at radius 3 is 2.70 bits per heavy atom. The maximum Gasteiger partial charge on any atom is 0.273 e. The van der Waals surface area contributed by atoms with E-state index in [0.717, 1.165) is 0 Å². The van der Waals surface area contributed by atoms with Crippen LogP contribution in [0.25, 0.3) is 5.69 Å². The lowest BCUT2D eigenvalue weighted by Crippen LogP contribution is -2.22. The van der Waals surface area contributed by atoms with Gasteiger partial charge in [-0.25, -0.2) is 9.07 Å². The zero-order valence-corrected chi connectivity index (χ0v) is 11.7. The molecule has 0 saturated carbocycles. The SMILES string of the molecule is CC(N)c1cccc(F)c1-n1ccc(C(=O)N(C)C)n1. The number of hydrogen-bond donors (Lipinski definition) is 1. The molecule has 2 rings (SSSR count). The summed E-state index contributed by atoms with van der Waals surface area (Å²) in [6, 6.07) is 5.92. The second-order valence-corrected chi connectivity index (χ2v) is 4.81. The van der Waals surface area contributed by atoms with Crippen molar-refractivity contribution in [3.05, 3.63) is 47.5 Å². The minimum Gasteiger partial charge on any atom is -0.343 e. The molecule has 20 heavy (non-hydrogen) atoms. The number of carbonyl (C=O) groups excluding carboxylic acids is 1. The maximum atomic E-state index is 14.1. The fourth-order valence-corrected chi connectivity index (χ4v) is 1.93. The fraction of sp³-hybridized carbons (Fsp3) is 0.286. The van der Waals surface area contributed by atoms with Crippen LogP contribution in [-0.2, 0) is 0 Å². The smallest absolute Gasteiger partial charge is 0.273 e. The van der Waals surface area contributed by atoms with Gasteiger partial charge in [0.15, 0.2) is 5.69 Å². The van der Waals surface area contributed by atoms with Gasteiger partial charge in [0, 0.05) is 26.3 Å². The molecule has 1 amide bonds. The van der Waals surface area contributed by atoms with Gasteiger partial charge in [-0.05, 0) is 24.6 Å². The van der Waals surface area contributed by atoms with Crippen molar-refractivity contribution in [2.45, 2.75) is 13.0 Å². The van der Waals surface area contributed by atoms with Crippen LogP contribution in [0.5, 0.6) is 0 Å². The van der Waals surface area contributed by atoms with Gasteiger partial charge in [0.1, 0.15) is 11.5 Å². The van der Waals surface area contributed by atoms with Crippen molar-refractivity contribution in [1.82, 2.24) is 14.7 Å². The van der Waals surface area contributed by atoms with E-state index in [1.807, 2.05) is 0 Å². The van der Waals surface area contributed by atoms with Crippen molar-refractivity contribution in [2.75, 3.05) is 14.1 Å². The molecule has 0 aliphatic heterocycles. The summed E-state index contributed by atoms with van der Waals surface area (Å²) in [5.74, 6) is -0.658. The molecule has 0 radical (unpaired) electrons. The van der Waals surface area contributed by atoms with Crippen LogP contribution in [-0.4, -0.2) is 34.7 Å². The van der Waals surface area contributed by atoms with Crippen molar-refractivity contribution in [3.8, 4) is 5.69 Å². The molecule has 6 heteroatoms. The van der Waals surface area contributed by atoms with Crippen molar-refractivity contribution in [1.29, 1.82) is 0 Å². The number of hydrogen-bond acceptors (Lipinski definition) is 3. The van der Waals surface area contributed by atoms with Gasteiger partial charge in [-0.15, -0.1) is 0 Å². The zero-order chi connectivity index (χ0) is 14.9. The van der Waals surface area contributed by atoms with Crippen LogP contribution in [0.4, 0.5) is 4.39 Å². The second-order valence-electron chi connectivity index (χ2n) is 4.81. The monoisotopic (exact) mass is 276 g/mol. The summed E-state index contributed by atoms with van der Waals surface area (Å²) in [5.41, 5.74) is 7.02. The number of nitrogens with zero attached hydrogens (tertiary/aromatic N) is 3. The molecule has 2 aromatic rings. The molecule has 5 nitrogen and oxygen atoms in total. The quantitative estimate of drug-likeness (QED) is 0.928. The average molecular weight is 276 g/mol. The molecule has 1 aromatic carbocycles. The van der Waals surface area contributed by atoms with Crippen molar-refractivity contribution >= 4 is 5.91 Å². The largest absolute Gasteiger partial charge is 0.343 e. The summed E-state index contributed by atoms with van der Waals surface area (Å²) in [7, 11) is 3.27. The zero-order valence-electron chi connectivity index (χ0n) is 11.7. The molecule has 1 unspecified atom stereocenters. The van der Waals surface area contributed by atoms with E-state index in [4.69, 9.17) is 5.73 Å². The highest BCUT2D eigenvalue weighted by molar-refractivity contribution is 5.91. The molecule has 1 aromatic heterocycles. The number of para-hydroxylation sites is 1. The molecule has 0 spiro atoms. The Hall–Kier alpha value is -2.21. The van der Waals surface area contributed by atoms with E-state index in [-0.39, 0.29) is 23.3 Å². The lowest BCUT2D eigenvalue weighted by molar-refractivity contribution is 0.0821. The third-order valence-electron chi connectivity index (χ3n) is 2.95. The topological polar surface area (TPSA) is 64.2 Å². The Bertz CT molecular complexity index is 634. The minimum atomic E-state index is -0.424. The number of carbonyl (C=O) groups is 1. The number of aromatic nitrogens is 2. The number of amides is 1. The highest BCUT2D eigenvalue weighted by Gasteiger charge is 2.17. The van der Waals surface area contributed by atoms with Crippen LogP contribution in [0.2, 0.25) is 0 Å². The van der Waals surface area contributed by atoms with E-state index in [1.54, 1.807) is 45.4 Å². The van der Waals surface area contributed by atoms with E-state index in [1.165, 1.54) is 15.6 Å². The Morgan fingerprint density at radius 1 is 1.40 bits per heavy atom. The van der Waals surface area contributed by atoms with Crippen LogP contribution >= 0.6 is 0 Å². The van der Waals surface area contributed by atoms with Gasteiger partial charge < -0.3 is 10.6 Å². The highest BCUT2D eigenvalue weighted by atomic mass is 19.1. The van der Waals surface area contributed by atoms with Gasteiger partial charge in [0.25, 0.3) is 5.91 Å². The average Bonchev–Trinajstić information content (AvgIpc) is 2.86. The lowest BCUT2D eigenvalue weighted by atomic mass is 10.1. The summed E-state index contributed by atoms with van der Waals surface area (Å²) in [6.45, 7) is 1.77. The van der Waals surface area contributed by atoms with E-state index in [9.17, 15) is 9.18 Å². The van der Waals surface area contributed by atoms with Gasteiger partial charge in [-0.3, -0.25) is 4.79 Å². The van der Waals surface area contributed by atoms with E-state index >= 15 is 0 Å². The highest BCUT2D eigenvalue weighted by Crippen LogP contribution is 2.23. The normalized spacial score (nSPS) is 12.2. The number of benzene rings is 1. The van der Waals surface area contributed by atoms with Gasteiger partial charge >= 0.3 is 0 Å². The van der Waals surface area contributed by atoms with Crippen LogP contribution in [0.3, 0.4) is 0 Å². The van der Waals surface area contributed by atoms with E-state index < -0.39 is 5.82 Å². The fourth-order valence-electron chi connectivity index (χ4n) is 1.93. The molecule has 2 N–H and O–H groups in total. The molecular weight excluding hydrogens is 259 g/mol. The summed E-state index contributed by atoms with van der Waals surface area (Å²) >= 11 is 0. The predicted octanol–water partition coefficient (Wildman–Crippen LogP) is 1.73. The Labute approximate surface area is 116 Å². The van der Waals surface area contributed by atoms with Crippen LogP contribution in [0.1, 0.15) is 29.0 Å². The first-order valence-corrected chi connectivity index (χ1v) is 6.23. The predicted molar refractivity (Wildman–Crippen MR) is 74.1 cm³/mol. The van der Waals surface area contributed by atoms with Crippen molar-refractivity contribution < 1.29 is 9.18 Å². The van der Waals surface area contributed by atoms with Crippen LogP contribution in [0.15, 0.2) is 30.5 Å². The first-order chi connectivity index (χ1) is 9.41. The van der Waals surface area contributed by atoms with Crippen molar-refractivity contribution in [3.63, 3.8) is 0 Å². The molecule has 0 bridgehead atoms. The van der Waals surface area contributed by atoms with Crippen molar-refractivity contribution in [2.24, 2.45) is 5.73 Å². The third-order valence-corrected chi connectivity index (χ3v) is 2.95. The second kappa shape index (κ2) is 5.42. The summed E-state index contributed by atoms with van der Waals surface area (Å²) < 4.78 is 15.4. The molecule has 0 aliphatic rings. The Kier molecular flexibility index (Phi) is 3.85. The molecule has 0 saturated heterocycles. The molecule has 1 heterocycles. The molecule has 0 aliphatic carbocycles. The molecule has 0 fully saturated rings. The van der Waals surface area contributed by atoms with Gasteiger partial charge in [0.05, 0.1) is 0 Å². The lowest BCUT2D eigenvalue weighted by Gasteiger charge is -2.13. The minimum absolute atomic E-state index is 0.234. The summed E-state index contributed by atoms with van der Waals surface area (Å²) in [6.07, 6.45) is 1.56. The van der Waals surface area contributed by atoms with Gasteiger partial charge in [-0.2, -0.15) is 5.10 Å². The van der Waals surface area contributed by atoms with Crippen LogP contribution in [0, 0.1) is 5.82 Å². The number of halogens is 1. The Balaban J connectivity index is 2.50.